The lowest BCUT2D eigenvalue weighted by Crippen LogP contribution is -2.28. The Hall–Kier alpha value is -1.92. The number of nitrogens with zero attached hydrogens (tertiary/aromatic N) is 2. The van der Waals surface area contributed by atoms with Crippen LogP contribution in [0.1, 0.15) is 11.6 Å². The van der Waals surface area contributed by atoms with Crippen molar-refractivity contribution >= 4 is 5.69 Å². The molecule has 0 amide bonds. The van der Waals surface area contributed by atoms with E-state index in [2.05, 4.69) is 0 Å². The fourth-order valence-electron chi connectivity index (χ4n) is 1.55. The van der Waals surface area contributed by atoms with Crippen LogP contribution in [0.4, 0.5) is 5.69 Å². The van der Waals surface area contributed by atoms with Crippen molar-refractivity contribution in [2.45, 2.75) is 6.04 Å². The standard InChI is InChI=1S/C9H9N3O3/c10-9-6-3-1-2-4-7(6)11(13)5-8(9)12(14)15/h1-5,9,13H,10H2. The van der Waals surface area contributed by atoms with Crippen LogP contribution in [0.2, 0.25) is 0 Å². The van der Waals surface area contributed by atoms with Crippen molar-refractivity contribution in [3.8, 4) is 0 Å². The number of hydroxylamine groups is 1. The predicted octanol–water partition coefficient (Wildman–Crippen LogP) is 1.01. The van der Waals surface area contributed by atoms with E-state index in [0.29, 0.717) is 11.3 Å². The summed E-state index contributed by atoms with van der Waals surface area (Å²) in [5.41, 5.74) is 6.48. The van der Waals surface area contributed by atoms with Crippen molar-refractivity contribution in [3.05, 3.63) is 51.8 Å². The smallest absolute Gasteiger partial charge is 0.285 e. The summed E-state index contributed by atoms with van der Waals surface area (Å²) in [7, 11) is 0. The lowest BCUT2D eigenvalue weighted by Gasteiger charge is -2.24. The molecule has 6 nitrogen and oxygen atoms in total. The van der Waals surface area contributed by atoms with Crippen LogP contribution in [0.5, 0.6) is 0 Å². The fraction of sp³-hybridized carbons (Fsp3) is 0.111. The van der Waals surface area contributed by atoms with Gasteiger partial charge in [0.2, 0.25) is 0 Å². The number of para-hydroxylation sites is 1. The summed E-state index contributed by atoms with van der Waals surface area (Å²) in [4.78, 5) is 10.0. The van der Waals surface area contributed by atoms with Crippen molar-refractivity contribution in [2.75, 3.05) is 5.06 Å². The van der Waals surface area contributed by atoms with Gasteiger partial charge in [-0.2, -0.15) is 0 Å². The first kappa shape index (κ1) is 9.63. The average Bonchev–Trinajstić information content (AvgIpc) is 2.23. The van der Waals surface area contributed by atoms with Crippen LogP contribution < -0.4 is 10.8 Å². The molecule has 2 rings (SSSR count). The zero-order valence-electron chi connectivity index (χ0n) is 7.70. The molecule has 0 aliphatic carbocycles. The van der Waals surface area contributed by atoms with Gasteiger partial charge in [-0.3, -0.25) is 15.3 Å². The van der Waals surface area contributed by atoms with E-state index >= 15 is 0 Å². The molecule has 0 spiro atoms. The van der Waals surface area contributed by atoms with Crippen molar-refractivity contribution in [2.24, 2.45) is 5.73 Å². The highest BCUT2D eigenvalue weighted by molar-refractivity contribution is 5.59. The van der Waals surface area contributed by atoms with E-state index in [1.165, 1.54) is 0 Å². The Labute approximate surface area is 85.3 Å². The van der Waals surface area contributed by atoms with Crippen LogP contribution in [-0.2, 0) is 0 Å². The lowest BCUT2D eigenvalue weighted by molar-refractivity contribution is -0.431. The number of hydrogen-bond acceptors (Lipinski definition) is 5. The van der Waals surface area contributed by atoms with Crippen molar-refractivity contribution < 1.29 is 10.1 Å². The number of nitro groups is 1. The van der Waals surface area contributed by atoms with Gasteiger partial charge in [0.1, 0.15) is 12.2 Å². The third-order valence-electron chi connectivity index (χ3n) is 2.30. The maximum absolute atomic E-state index is 10.6. The maximum Gasteiger partial charge on any atom is 0.285 e. The molecule has 3 N–H and O–H groups in total. The number of rotatable bonds is 1. The van der Waals surface area contributed by atoms with E-state index in [4.69, 9.17) is 5.73 Å². The largest absolute Gasteiger partial charge is 0.315 e. The first-order chi connectivity index (χ1) is 7.11. The van der Waals surface area contributed by atoms with E-state index in [0.717, 1.165) is 11.3 Å². The van der Waals surface area contributed by atoms with Crippen LogP contribution in [0.25, 0.3) is 0 Å². The summed E-state index contributed by atoms with van der Waals surface area (Å²) in [6.07, 6.45) is 1.02. The molecule has 0 saturated heterocycles. The first-order valence-electron chi connectivity index (χ1n) is 4.30. The van der Waals surface area contributed by atoms with E-state index in [-0.39, 0.29) is 5.70 Å². The molecule has 0 bridgehead atoms. The molecule has 78 valence electrons. The van der Waals surface area contributed by atoms with E-state index < -0.39 is 11.0 Å². The Bertz CT molecular complexity index is 444. The molecule has 0 saturated carbocycles. The second kappa shape index (κ2) is 3.34. The van der Waals surface area contributed by atoms with Gasteiger partial charge in [-0.05, 0) is 6.07 Å². The van der Waals surface area contributed by atoms with Gasteiger partial charge < -0.3 is 5.73 Å². The highest BCUT2D eigenvalue weighted by Gasteiger charge is 2.31. The second-order valence-electron chi connectivity index (χ2n) is 3.19. The monoisotopic (exact) mass is 207 g/mol. The van der Waals surface area contributed by atoms with Crippen LogP contribution in [-0.4, -0.2) is 10.1 Å². The summed E-state index contributed by atoms with van der Waals surface area (Å²) in [6.45, 7) is 0. The Morgan fingerprint density at radius 2 is 2.13 bits per heavy atom. The minimum Gasteiger partial charge on any atom is -0.315 e. The molecule has 1 aliphatic rings. The van der Waals surface area contributed by atoms with Gasteiger partial charge in [0.25, 0.3) is 5.70 Å². The minimum atomic E-state index is -0.806. The molecule has 0 radical (unpaired) electrons. The quantitative estimate of drug-likeness (QED) is 0.529. The lowest BCUT2D eigenvalue weighted by atomic mass is 10.0. The number of benzene rings is 1. The summed E-state index contributed by atoms with van der Waals surface area (Å²) in [5, 5.41) is 20.9. The van der Waals surface area contributed by atoms with E-state index in [1.54, 1.807) is 24.3 Å². The maximum atomic E-state index is 10.6. The summed E-state index contributed by atoms with van der Waals surface area (Å²) < 4.78 is 0. The zero-order chi connectivity index (χ0) is 11.0. The molecule has 1 heterocycles. The first-order valence-corrected chi connectivity index (χ1v) is 4.30. The van der Waals surface area contributed by atoms with Gasteiger partial charge in [0, 0.05) is 5.56 Å². The number of hydrogen-bond donors (Lipinski definition) is 2. The molecule has 15 heavy (non-hydrogen) atoms. The van der Waals surface area contributed by atoms with Gasteiger partial charge in [0.15, 0.2) is 0 Å². The van der Waals surface area contributed by atoms with Gasteiger partial charge in [-0.15, -0.1) is 0 Å². The predicted molar refractivity (Wildman–Crippen MR) is 52.7 cm³/mol. The fourth-order valence-corrected chi connectivity index (χ4v) is 1.55. The second-order valence-corrected chi connectivity index (χ2v) is 3.19. The molecule has 1 atom stereocenters. The summed E-state index contributed by atoms with van der Waals surface area (Å²) in [5.74, 6) is 0. The van der Waals surface area contributed by atoms with Gasteiger partial charge >= 0.3 is 0 Å². The third kappa shape index (κ3) is 1.45. The van der Waals surface area contributed by atoms with Crippen LogP contribution in [0, 0.1) is 10.1 Å². The topological polar surface area (TPSA) is 92.6 Å². The average molecular weight is 207 g/mol. The molecule has 0 aromatic heterocycles. The van der Waals surface area contributed by atoms with Gasteiger partial charge in [-0.25, -0.2) is 5.06 Å². The normalized spacial score (nSPS) is 19.5. The molecular weight excluding hydrogens is 198 g/mol. The summed E-state index contributed by atoms with van der Waals surface area (Å²) in [6, 6.07) is 5.93. The van der Waals surface area contributed by atoms with E-state index in [9.17, 15) is 15.3 Å². The Morgan fingerprint density at radius 1 is 1.47 bits per heavy atom. The Balaban J connectivity index is 2.53. The van der Waals surface area contributed by atoms with Crippen molar-refractivity contribution in [1.29, 1.82) is 0 Å². The number of nitrogens with two attached hydrogens (primary N) is 1. The molecule has 6 heteroatoms. The highest BCUT2D eigenvalue weighted by Crippen LogP contribution is 2.33. The van der Waals surface area contributed by atoms with Crippen LogP contribution in [0.3, 0.4) is 0 Å². The minimum absolute atomic E-state index is 0.226. The molecule has 1 unspecified atom stereocenters. The number of fused-ring (bicyclic) bond motifs is 1. The highest BCUT2D eigenvalue weighted by atomic mass is 16.6. The van der Waals surface area contributed by atoms with Gasteiger partial charge in [-0.1, -0.05) is 18.2 Å². The molecule has 1 aromatic carbocycles. The number of anilines is 1. The van der Waals surface area contributed by atoms with E-state index in [1.807, 2.05) is 0 Å². The molecular formula is C9H9N3O3. The van der Waals surface area contributed by atoms with Crippen molar-refractivity contribution in [3.63, 3.8) is 0 Å². The molecule has 0 fully saturated rings. The SMILES string of the molecule is NC1C([N+](=O)[O-])=CN(O)c2ccccc21. The van der Waals surface area contributed by atoms with Crippen LogP contribution in [0.15, 0.2) is 36.2 Å². The van der Waals surface area contributed by atoms with Gasteiger partial charge in [0.05, 0.1) is 10.6 Å². The zero-order valence-corrected chi connectivity index (χ0v) is 7.70. The third-order valence-corrected chi connectivity index (χ3v) is 2.30. The summed E-state index contributed by atoms with van der Waals surface area (Å²) >= 11 is 0. The Morgan fingerprint density at radius 3 is 2.80 bits per heavy atom. The molecule has 1 aromatic rings. The molecule has 1 aliphatic heterocycles. The van der Waals surface area contributed by atoms with Crippen molar-refractivity contribution in [1.82, 2.24) is 0 Å². The van der Waals surface area contributed by atoms with Crippen LogP contribution >= 0.6 is 0 Å². The Kier molecular flexibility index (Phi) is 2.14.